The van der Waals surface area contributed by atoms with E-state index in [9.17, 15) is 4.79 Å². The maximum absolute atomic E-state index is 12.0. The second-order valence-corrected chi connectivity index (χ2v) is 5.89. The number of nitrogens with one attached hydrogen (secondary N) is 1. The molecule has 8 nitrogen and oxygen atoms in total. The smallest absolute Gasteiger partial charge is 0.251 e. The van der Waals surface area contributed by atoms with Gasteiger partial charge in [-0.1, -0.05) is 6.42 Å². The van der Waals surface area contributed by atoms with Gasteiger partial charge >= 0.3 is 0 Å². The van der Waals surface area contributed by atoms with E-state index in [0.717, 1.165) is 31.4 Å². The third kappa shape index (κ3) is 2.84. The maximum atomic E-state index is 12.0. The van der Waals surface area contributed by atoms with Gasteiger partial charge in [-0.25, -0.2) is 4.68 Å². The van der Waals surface area contributed by atoms with E-state index in [1.54, 1.807) is 6.07 Å². The van der Waals surface area contributed by atoms with Crippen LogP contribution in [-0.4, -0.2) is 31.9 Å². The lowest BCUT2D eigenvalue weighted by atomic mass is 9.94. The van der Waals surface area contributed by atoms with Crippen molar-refractivity contribution in [3.63, 3.8) is 0 Å². The lowest BCUT2D eigenvalue weighted by Crippen LogP contribution is -2.40. The van der Waals surface area contributed by atoms with E-state index in [4.69, 9.17) is 9.47 Å². The fraction of sp³-hybridized carbons (Fsp3) is 0.467. The molecule has 1 aromatic carbocycles. The van der Waals surface area contributed by atoms with Gasteiger partial charge in [0, 0.05) is 24.6 Å². The molecule has 0 radical (unpaired) electrons. The van der Waals surface area contributed by atoms with Crippen LogP contribution in [0.1, 0.15) is 32.1 Å². The van der Waals surface area contributed by atoms with Crippen LogP contribution in [0, 0.1) is 0 Å². The van der Waals surface area contributed by atoms with E-state index in [2.05, 4.69) is 20.8 Å². The van der Waals surface area contributed by atoms with Gasteiger partial charge in [-0.15, -0.1) is 5.10 Å². The van der Waals surface area contributed by atoms with Crippen LogP contribution in [-0.2, 0) is 11.3 Å². The minimum Gasteiger partial charge on any atom is -0.448 e. The van der Waals surface area contributed by atoms with Crippen molar-refractivity contribution in [3.8, 4) is 11.5 Å². The fourth-order valence-corrected chi connectivity index (χ4v) is 3.07. The van der Waals surface area contributed by atoms with Crippen LogP contribution in [0.2, 0.25) is 0 Å². The first-order valence-electron chi connectivity index (χ1n) is 7.75. The summed E-state index contributed by atoms with van der Waals surface area (Å²) in [7, 11) is 0. The molecule has 1 fully saturated rings. The molecule has 120 valence electrons. The third-order valence-corrected chi connectivity index (χ3v) is 4.13. The Morgan fingerprint density at radius 2 is 2.04 bits per heavy atom. The van der Waals surface area contributed by atoms with Crippen molar-refractivity contribution < 1.29 is 14.3 Å². The van der Waals surface area contributed by atoms with Crippen LogP contribution in [0.15, 0.2) is 24.5 Å². The van der Waals surface area contributed by atoms with Gasteiger partial charge in [-0.05, 0) is 35.4 Å². The van der Waals surface area contributed by atoms with E-state index < -0.39 is 5.79 Å². The Bertz CT molecular complexity index is 710. The predicted molar refractivity (Wildman–Crippen MR) is 80.0 cm³/mol. The summed E-state index contributed by atoms with van der Waals surface area (Å²) in [5, 5.41) is 13.5. The van der Waals surface area contributed by atoms with Gasteiger partial charge < -0.3 is 14.8 Å². The summed E-state index contributed by atoms with van der Waals surface area (Å²) >= 11 is 0. The Kier molecular flexibility index (Phi) is 3.36. The van der Waals surface area contributed by atoms with E-state index in [0.29, 0.717) is 11.4 Å². The molecule has 8 heteroatoms. The normalized spacial score (nSPS) is 18.1. The number of ether oxygens (including phenoxy) is 2. The second-order valence-electron chi connectivity index (χ2n) is 5.89. The van der Waals surface area contributed by atoms with Gasteiger partial charge in [0.1, 0.15) is 12.9 Å². The van der Waals surface area contributed by atoms with Crippen LogP contribution < -0.4 is 14.8 Å². The number of fused-ring (bicyclic) bond motifs is 1. The number of tetrazole rings is 1. The lowest BCUT2D eigenvalue weighted by Gasteiger charge is -2.31. The Morgan fingerprint density at radius 1 is 1.22 bits per heavy atom. The molecule has 1 aliphatic carbocycles. The number of benzene rings is 1. The predicted octanol–water partition coefficient (Wildman–Crippen LogP) is 1.74. The topological polar surface area (TPSA) is 91.2 Å². The van der Waals surface area contributed by atoms with Gasteiger partial charge in [0.15, 0.2) is 11.5 Å². The number of carbonyl (C=O) groups excluding carboxylic acids is 1. The highest BCUT2D eigenvalue weighted by molar-refractivity contribution is 5.90. The molecule has 4 rings (SSSR count). The number of hydrogen-bond donors (Lipinski definition) is 1. The van der Waals surface area contributed by atoms with Crippen molar-refractivity contribution in [2.75, 3.05) is 5.32 Å². The molecular formula is C15H17N5O3. The molecule has 1 aromatic heterocycles. The van der Waals surface area contributed by atoms with Gasteiger partial charge in [0.25, 0.3) is 5.79 Å². The number of nitrogens with zero attached hydrogens (tertiary/aromatic N) is 4. The third-order valence-electron chi connectivity index (χ3n) is 4.13. The van der Waals surface area contributed by atoms with Crippen LogP contribution in [0.3, 0.4) is 0 Å². The van der Waals surface area contributed by atoms with Gasteiger partial charge in [0.05, 0.1) is 0 Å². The van der Waals surface area contributed by atoms with Crippen molar-refractivity contribution in [2.45, 2.75) is 44.4 Å². The summed E-state index contributed by atoms with van der Waals surface area (Å²) < 4.78 is 13.4. The van der Waals surface area contributed by atoms with Crippen LogP contribution in [0.4, 0.5) is 5.69 Å². The number of rotatable bonds is 3. The zero-order chi connectivity index (χ0) is 15.7. The van der Waals surface area contributed by atoms with E-state index in [-0.39, 0.29) is 12.5 Å². The minimum atomic E-state index is -0.504. The molecular weight excluding hydrogens is 298 g/mol. The van der Waals surface area contributed by atoms with Crippen LogP contribution >= 0.6 is 0 Å². The second kappa shape index (κ2) is 5.53. The first-order valence-corrected chi connectivity index (χ1v) is 7.75. The Morgan fingerprint density at radius 3 is 2.83 bits per heavy atom. The standard InChI is InChI=1S/C15H17N5O3/c21-14(9-20-10-16-18-19-20)17-11-4-5-12-13(8-11)23-15(22-12)6-2-1-3-7-15/h4-5,8,10H,1-3,6-7,9H2,(H,17,21). The van der Waals surface area contributed by atoms with Crippen molar-refractivity contribution >= 4 is 11.6 Å². The van der Waals surface area contributed by atoms with Crippen molar-refractivity contribution in [1.82, 2.24) is 20.2 Å². The lowest BCUT2D eigenvalue weighted by molar-refractivity contribution is -0.116. The molecule has 2 aromatic rings. The number of carbonyl (C=O) groups is 1. The van der Waals surface area contributed by atoms with Crippen LogP contribution in [0.25, 0.3) is 0 Å². The molecule has 23 heavy (non-hydrogen) atoms. The van der Waals surface area contributed by atoms with Gasteiger partial charge in [-0.2, -0.15) is 0 Å². The molecule has 0 atom stereocenters. The highest BCUT2D eigenvalue weighted by Gasteiger charge is 2.42. The summed E-state index contributed by atoms with van der Waals surface area (Å²) in [4.78, 5) is 12.0. The summed E-state index contributed by atoms with van der Waals surface area (Å²) in [5.41, 5.74) is 0.665. The van der Waals surface area contributed by atoms with Crippen molar-refractivity contribution in [1.29, 1.82) is 0 Å². The maximum Gasteiger partial charge on any atom is 0.251 e. The number of anilines is 1. The zero-order valence-corrected chi connectivity index (χ0v) is 12.6. The van der Waals surface area contributed by atoms with Gasteiger partial charge in [0.2, 0.25) is 5.91 Å². The first kappa shape index (κ1) is 14.0. The molecule has 0 bridgehead atoms. The molecule has 2 aliphatic rings. The van der Waals surface area contributed by atoms with Crippen LogP contribution in [0.5, 0.6) is 11.5 Å². The van der Waals surface area contributed by atoms with E-state index >= 15 is 0 Å². The largest absolute Gasteiger partial charge is 0.448 e. The summed E-state index contributed by atoms with van der Waals surface area (Å²) in [6.45, 7) is 0.0609. The minimum absolute atomic E-state index is 0.0609. The molecule has 1 saturated carbocycles. The van der Waals surface area contributed by atoms with Crippen molar-refractivity contribution in [3.05, 3.63) is 24.5 Å². The number of hydrogen-bond acceptors (Lipinski definition) is 6. The number of amides is 1. The van der Waals surface area contributed by atoms with E-state index in [1.807, 2.05) is 12.1 Å². The summed E-state index contributed by atoms with van der Waals surface area (Å²) in [6.07, 6.45) is 6.66. The Balaban J connectivity index is 1.44. The summed E-state index contributed by atoms with van der Waals surface area (Å²) in [5.74, 6) is 0.719. The highest BCUT2D eigenvalue weighted by atomic mass is 16.7. The molecule has 2 heterocycles. The first-order chi connectivity index (χ1) is 11.2. The SMILES string of the molecule is O=C(Cn1cnnn1)Nc1ccc2c(c1)OC1(CCCCC1)O2. The monoisotopic (exact) mass is 315 g/mol. The Hall–Kier alpha value is -2.64. The molecule has 0 saturated heterocycles. The molecule has 1 spiro atoms. The molecule has 1 aliphatic heterocycles. The summed E-state index contributed by atoms with van der Waals surface area (Å²) in [6, 6.07) is 5.45. The Labute approximate surface area is 132 Å². The molecule has 1 N–H and O–H groups in total. The molecule has 1 amide bonds. The fourth-order valence-electron chi connectivity index (χ4n) is 3.07. The zero-order valence-electron chi connectivity index (χ0n) is 12.6. The van der Waals surface area contributed by atoms with Crippen molar-refractivity contribution in [2.24, 2.45) is 0 Å². The quantitative estimate of drug-likeness (QED) is 0.927. The highest BCUT2D eigenvalue weighted by Crippen LogP contribution is 2.46. The molecule has 0 unspecified atom stereocenters. The van der Waals surface area contributed by atoms with E-state index in [1.165, 1.54) is 17.4 Å². The van der Waals surface area contributed by atoms with Gasteiger partial charge in [-0.3, -0.25) is 4.79 Å². The average Bonchev–Trinajstić information content (AvgIpc) is 3.15. The number of aromatic nitrogens is 4. The average molecular weight is 315 g/mol.